The van der Waals surface area contributed by atoms with Crippen LogP contribution in [0.5, 0.6) is 11.5 Å². The van der Waals surface area contributed by atoms with Gasteiger partial charge >= 0.3 is 0 Å². The molecule has 0 radical (unpaired) electrons. The molecule has 1 saturated carbocycles. The van der Waals surface area contributed by atoms with Gasteiger partial charge in [-0.05, 0) is 56.0 Å². The van der Waals surface area contributed by atoms with Gasteiger partial charge in [-0.2, -0.15) is 0 Å². The number of benzene rings is 2. The predicted octanol–water partition coefficient (Wildman–Crippen LogP) is 4.25. The summed E-state index contributed by atoms with van der Waals surface area (Å²) >= 11 is 0. The number of aliphatic hydroxyl groups excluding tert-OH is 1. The van der Waals surface area contributed by atoms with Crippen molar-refractivity contribution in [3.8, 4) is 11.5 Å². The van der Waals surface area contributed by atoms with Crippen molar-refractivity contribution in [3.05, 3.63) is 60.2 Å². The molecule has 26 heavy (non-hydrogen) atoms. The maximum Gasteiger partial charge on any atom is 0.254 e. The van der Waals surface area contributed by atoms with Crippen LogP contribution in [0, 0.1) is 5.41 Å². The van der Waals surface area contributed by atoms with Crippen LogP contribution in [-0.2, 0) is 0 Å². The Bertz CT molecular complexity index is 776. The van der Waals surface area contributed by atoms with E-state index in [9.17, 15) is 9.90 Å². The Morgan fingerprint density at radius 3 is 2.58 bits per heavy atom. The van der Waals surface area contributed by atoms with Crippen molar-refractivity contribution < 1.29 is 14.6 Å². The molecule has 1 spiro atoms. The highest BCUT2D eigenvalue weighted by atomic mass is 16.5. The zero-order valence-electron chi connectivity index (χ0n) is 14.9. The summed E-state index contributed by atoms with van der Waals surface area (Å²) in [5, 5.41) is 10.4. The van der Waals surface area contributed by atoms with Gasteiger partial charge in [0.15, 0.2) is 0 Å². The van der Waals surface area contributed by atoms with Crippen LogP contribution in [0.4, 0.5) is 0 Å². The zero-order valence-corrected chi connectivity index (χ0v) is 14.9. The third kappa shape index (κ3) is 3.34. The fourth-order valence-electron chi connectivity index (χ4n) is 4.43. The van der Waals surface area contributed by atoms with Crippen molar-refractivity contribution in [2.75, 3.05) is 13.1 Å². The molecule has 2 aromatic carbocycles. The molecule has 1 N–H and O–H groups in total. The SMILES string of the molecule is O=C(c1cccc(Oc2ccccc2)c1)N1CCC[C@@]2(CCC[C@H]2O)C1. The summed E-state index contributed by atoms with van der Waals surface area (Å²) < 4.78 is 5.86. The minimum Gasteiger partial charge on any atom is -0.457 e. The number of ether oxygens (including phenoxy) is 1. The number of likely N-dealkylation sites (tertiary alicyclic amines) is 1. The van der Waals surface area contributed by atoms with Gasteiger partial charge in [-0.1, -0.05) is 30.7 Å². The van der Waals surface area contributed by atoms with E-state index in [1.807, 2.05) is 59.5 Å². The fraction of sp³-hybridized carbons (Fsp3) is 0.409. The molecule has 1 saturated heterocycles. The van der Waals surface area contributed by atoms with Gasteiger partial charge in [0.25, 0.3) is 5.91 Å². The molecule has 2 aliphatic rings. The molecular formula is C22H25NO3. The fourth-order valence-corrected chi connectivity index (χ4v) is 4.43. The summed E-state index contributed by atoms with van der Waals surface area (Å²) in [6, 6.07) is 16.9. The summed E-state index contributed by atoms with van der Waals surface area (Å²) in [6.45, 7) is 1.42. The maximum absolute atomic E-state index is 13.0. The summed E-state index contributed by atoms with van der Waals surface area (Å²) in [6.07, 6.45) is 4.66. The molecule has 2 aromatic rings. The van der Waals surface area contributed by atoms with Gasteiger partial charge in [0.2, 0.25) is 0 Å². The Kier molecular flexibility index (Phi) is 4.68. The van der Waals surface area contributed by atoms with E-state index in [0.29, 0.717) is 17.9 Å². The van der Waals surface area contributed by atoms with Gasteiger partial charge in [0.05, 0.1) is 6.10 Å². The first-order valence-electron chi connectivity index (χ1n) is 9.47. The quantitative estimate of drug-likeness (QED) is 0.899. The second kappa shape index (κ2) is 7.12. The first kappa shape index (κ1) is 17.1. The van der Waals surface area contributed by atoms with E-state index in [2.05, 4.69) is 0 Å². The van der Waals surface area contributed by atoms with Gasteiger partial charge in [-0.3, -0.25) is 4.79 Å². The minimum absolute atomic E-state index is 0.0293. The largest absolute Gasteiger partial charge is 0.457 e. The van der Waals surface area contributed by atoms with E-state index in [0.717, 1.165) is 44.4 Å². The average Bonchev–Trinajstić information content (AvgIpc) is 3.02. The van der Waals surface area contributed by atoms with Crippen molar-refractivity contribution >= 4 is 5.91 Å². The van der Waals surface area contributed by atoms with Crippen molar-refractivity contribution in [1.82, 2.24) is 4.90 Å². The molecular weight excluding hydrogens is 326 g/mol. The molecule has 1 heterocycles. The first-order valence-corrected chi connectivity index (χ1v) is 9.47. The van der Waals surface area contributed by atoms with Gasteiger partial charge in [0, 0.05) is 24.1 Å². The normalized spacial score (nSPS) is 25.4. The minimum atomic E-state index is -0.272. The Labute approximate surface area is 154 Å². The van der Waals surface area contributed by atoms with Crippen molar-refractivity contribution in [2.24, 2.45) is 5.41 Å². The van der Waals surface area contributed by atoms with Crippen molar-refractivity contribution in [2.45, 2.75) is 38.2 Å². The summed E-state index contributed by atoms with van der Waals surface area (Å²) in [5.74, 6) is 1.44. The van der Waals surface area contributed by atoms with Crippen LogP contribution in [0.3, 0.4) is 0 Å². The Balaban J connectivity index is 1.50. The van der Waals surface area contributed by atoms with E-state index >= 15 is 0 Å². The molecule has 1 aliphatic heterocycles. The predicted molar refractivity (Wildman–Crippen MR) is 100 cm³/mol. The highest BCUT2D eigenvalue weighted by molar-refractivity contribution is 5.94. The molecule has 136 valence electrons. The topological polar surface area (TPSA) is 49.8 Å². The third-order valence-corrected chi connectivity index (χ3v) is 5.81. The van der Waals surface area contributed by atoms with E-state index in [4.69, 9.17) is 4.74 Å². The van der Waals surface area contributed by atoms with Crippen LogP contribution >= 0.6 is 0 Å². The van der Waals surface area contributed by atoms with Crippen molar-refractivity contribution in [1.29, 1.82) is 0 Å². The summed E-state index contributed by atoms with van der Waals surface area (Å²) in [4.78, 5) is 15.0. The van der Waals surface area contributed by atoms with Gasteiger partial charge in [-0.15, -0.1) is 0 Å². The lowest BCUT2D eigenvalue weighted by Crippen LogP contribution is -2.49. The van der Waals surface area contributed by atoms with Gasteiger partial charge in [-0.25, -0.2) is 0 Å². The van der Waals surface area contributed by atoms with Crippen molar-refractivity contribution in [3.63, 3.8) is 0 Å². The van der Waals surface area contributed by atoms with Crippen LogP contribution in [0.15, 0.2) is 54.6 Å². The number of piperidine rings is 1. The first-order chi connectivity index (χ1) is 12.7. The zero-order chi connectivity index (χ0) is 18.0. The number of rotatable bonds is 3. The molecule has 0 unspecified atom stereocenters. The maximum atomic E-state index is 13.0. The van der Waals surface area contributed by atoms with Crippen LogP contribution in [0.1, 0.15) is 42.5 Å². The molecule has 2 atom stereocenters. The van der Waals surface area contributed by atoms with Crippen LogP contribution < -0.4 is 4.74 Å². The summed E-state index contributed by atoms with van der Waals surface area (Å²) in [5.41, 5.74) is 0.550. The van der Waals surface area contributed by atoms with E-state index in [-0.39, 0.29) is 17.4 Å². The average molecular weight is 351 g/mol. The van der Waals surface area contributed by atoms with E-state index < -0.39 is 0 Å². The lowest BCUT2D eigenvalue weighted by atomic mass is 9.76. The Morgan fingerprint density at radius 1 is 1.04 bits per heavy atom. The summed E-state index contributed by atoms with van der Waals surface area (Å²) in [7, 11) is 0. The molecule has 0 bridgehead atoms. The highest BCUT2D eigenvalue weighted by Gasteiger charge is 2.45. The second-order valence-electron chi connectivity index (χ2n) is 7.54. The molecule has 0 aromatic heterocycles. The number of carbonyl (C=O) groups excluding carboxylic acids is 1. The van der Waals surface area contributed by atoms with Gasteiger partial charge < -0.3 is 14.7 Å². The second-order valence-corrected chi connectivity index (χ2v) is 7.54. The number of hydrogen-bond acceptors (Lipinski definition) is 3. The van der Waals surface area contributed by atoms with Crippen LogP contribution in [0.25, 0.3) is 0 Å². The lowest BCUT2D eigenvalue weighted by Gasteiger charge is -2.42. The Morgan fingerprint density at radius 2 is 1.81 bits per heavy atom. The number of para-hydroxylation sites is 1. The smallest absolute Gasteiger partial charge is 0.254 e. The molecule has 1 amide bonds. The Hall–Kier alpha value is -2.33. The number of carbonyl (C=O) groups is 1. The molecule has 1 aliphatic carbocycles. The highest BCUT2D eigenvalue weighted by Crippen LogP contribution is 2.45. The standard InChI is InChI=1S/C22H25NO3/c24-20-11-5-12-22(20)13-6-14-23(16-22)21(25)17-7-4-10-19(15-17)26-18-8-2-1-3-9-18/h1-4,7-10,15,20,24H,5-6,11-14,16H2/t20-,22+/m1/s1. The number of hydrogen-bond donors (Lipinski definition) is 1. The van der Waals surface area contributed by atoms with E-state index in [1.54, 1.807) is 0 Å². The van der Waals surface area contributed by atoms with E-state index in [1.165, 1.54) is 0 Å². The number of amides is 1. The molecule has 2 fully saturated rings. The molecule has 4 nitrogen and oxygen atoms in total. The third-order valence-electron chi connectivity index (χ3n) is 5.81. The number of aliphatic hydroxyl groups is 1. The number of nitrogens with zero attached hydrogens (tertiary/aromatic N) is 1. The van der Waals surface area contributed by atoms with Gasteiger partial charge in [0.1, 0.15) is 11.5 Å². The van der Waals surface area contributed by atoms with Crippen LogP contribution in [-0.4, -0.2) is 35.1 Å². The molecule has 4 rings (SSSR count). The van der Waals surface area contributed by atoms with Crippen LogP contribution in [0.2, 0.25) is 0 Å². The monoisotopic (exact) mass is 351 g/mol. The molecule has 4 heteroatoms. The lowest BCUT2D eigenvalue weighted by molar-refractivity contribution is -0.00536.